The van der Waals surface area contributed by atoms with Crippen molar-refractivity contribution in [1.29, 1.82) is 0 Å². The summed E-state index contributed by atoms with van der Waals surface area (Å²) in [5, 5.41) is 8.51. The number of anilines is 2. The Morgan fingerprint density at radius 2 is 1.84 bits per heavy atom. The van der Waals surface area contributed by atoms with Gasteiger partial charge in [-0.15, -0.1) is 5.10 Å². The lowest BCUT2D eigenvalue weighted by Crippen LogP contribution is -2.40. The number of ether oxygens (including phenoxy) is 1. The molecule has 156 valence electrons. The first-order valence-electron chi connectivity index (χ1n) is 10.0. The van der Waals surface area contributed by atoms with Crippen LogP contribution in [0.2, 0.25) is 5.02 Å². The van der Waals surface area contributed by atoms with Crippen LogP contribution in [0.25, 0.3) is 16.8 Å². The van der Waals surface area contributed by atoms with Crippen LogP contribution in [0.15, 0.2) is 66.9 Å². The van der Waals surface area contributed by atoms with Gasteiger partial charge in [-0.3, -0.25) is 4.79 Å². The summed E-state index contributed by atoms with van der Waals surface area (Å²) in [5.74, 6) is 0.477. The van der Waals surface area contributed by atoms with Crippen molar-refractivity contribution in [2.75, 3.05) is 31.6 Å². The number of carbonyl (C=O) groups excluding carboxylic acids is 1. The molecule has 1 N–H and O–H groups in total. The fraction of sp³-hybridized carbons (Fsp3) is 0.174. The fourth-order valence-corrected chi connectivity index (χ4v) is 3.79. The van der Waals surface area contributed by atoms with Crippen LogP contribution in [0.1, 0.15) is 10.4 Å². The van der Waals surface area contributed by atoms with Gasteiger partial charge in [-0.05, 0) is 48.5 Å². The number of amides is 1. The number of nitrogens with zero attached hydrogens (tertiary/aromatic N) is 4. The van der Waals surface area contributed by atoms with Gasteiger partial charge < -0.3 is 15.0 Å². The minimum absolute atomic E-state index is 0.0195. The molecule has 0 saturated carbocycles. The molecular formula is C23H20ClN5O2. The molecule has 3 heterocycles. The molecule has 0 bridgehead atoms. The SMILES string of the molecule is O=C(c1ccc(Nc2ncc3ccc(-c4cccc(Cl)c4)n3n2)cc1)N1CCOCC1. The highest BCUT2D eigenvalue weighted by atomic mass is 35.5. The standard InChI is InChI=1S/C23H20ClN5O2/c24-18-3-1-2-17(14-18)21-9-8-20-15-25-23(27-29(20)21)26-19-6-4-16(5-7-19)22(30)28-10-12-31-13-11-28/h1-9,14-15H,10-13H2,(H,26,27). The Balaban J connectivity index is 1.36. The molecule has 0 aliphatic carbocycles. The maximum absolute atomic E-state index is 12.6. The van der Waals surface area contributed by atoms with E-state index in [1.54, 1.807) is 6.20 Å². The van der Waals surface area contributed by atoms with Crippen molar-refractivity contribution in [3.63, 3.8) is 0 Å². The maximum atomic E-state index is 12.6. The van der Waals surface area contributed by atoms with Crippen LogP contribution in [0, 0.1) is 0 Å². The Bertz CT molecular complexity index is 1230. The number of hydrogen-bond acceptors (Lipinski definition) is 5. The van der Waals surface area contributed by atoms with Crippen molar-refractivity contribution in [2.24, 2.45) is 0 Å². The lowest BCUT2D eigenvalue weighted by molar-refractivity contribution is 0.0303. The minimum Gasteiger partial charge on any atom is -0.378 e. The van der Waals surface area contributed by atoms with Crippen molar-refractivity contribution in [2.45, 2.75) is 0 Å². The molecule has 31 heavy (non-hydrogen) atoms. The third-order valence-corrected chi connectivity index (χ3v) is 5.44. The van der Waals surface area contributed by atoms with Gasteiger partial charge in [-0.25, -0.2) is 9.50 Å². The average molecular weight is 434 g/mol. The molecule has 2 aromatic heterocycles. The summed E-state index contributed by atoms with van der Waals surface area (Å²) in [4.78, 5) is 18.8. The largest absolute Gasteiger partial charge is 0.378 e. The number of aromatic nitrogens is 3. The zero-order valence-electron chi connectivity index (χ0n) is 16.7. The van der Waals surface area contributed by atoms with E-state index in [1.807, 2.05) is 70.1 Å². The molecule has 8 heteroatoms. The summed E-state index contributed by atoms with van der Waals surface area (Å²) < 4.78 is 7.14. The van der Waals surface area contributed by atoms with Gasteiger partial charge in [0.1, 0.15) is 0 Å². The molecule has 1 amide bonds. The normalized spacial score (nSPS) is 14.0. The van der Waals surface area contributed by atoms with Crippen LogP contribution in [0.5, 0.6) is 0 Å². The van der Waals surface area contributed by atoms with E-state index in [2.05, 4.69) is 15.4 Å². The van der Waals surface area contributed by atoms with Crippen LogP contribution in [0.4, 0.5) is 11.6 Å². The smallest absolute Gasteiger partial charge is 0.254 e. The highest BCUT2D eigenvalue weighted by Crippen LogP contribution is 2.25. The van der Waals surface area contributed by atoms with E-state index in [4.69, 9.17) is 16.3 Å². The molecule has 7 nitrogen and oxygen atoms in total. The number of rotatable bonds is 4. The van der Waals surface area contributed by atoms with Gasteiger partial charge in [0.15, 0.2) is 0 Å². The van der Waals surface area contributed by atoms with Gasteiger partial charge >= 0.3 is 0 Å². The number of morpholine rings is 1. The van der Waals surface area contributed by atoms with Gasteiger partial charge in [-0.2, -0.15) is 0 Å². The zero-order valence-corrected chi connectivity index (χ0v) is 17.4. The molecule has 1 aliphatic heterocycles. The maximum Gasteiger partial charge on any atom is 0.254 e. The fourth-order valence-electron chi connectivity index (χ4n) is 3.60. The van der Waals surface area contributed by atoms with Crippen LogP contribution >= 0.6 is 11.6 Å². The molecule has 0 radical (unpaired) electrons. The summed E-state index contributed by atoms with van der Waals surface area (Å²) in [6.07, 6.45) is 1.76. The Morgan fingerprint density at radius 3 is 2.61 bits per heavy atom. The number of fused-ring (bicyclic) bond motifs is 1. The number of hydrogen-bond donors (Lipinski definition) is 1. The van der Waals surface area contributed by atoms with Crippen LogP contribution < -0.4 is 5.32 Å². The van der Waals surface area contributed by atoms with Crippen molar-refractivity contribution in [1.82, 2.24) is 19.5 Å². The summed E-state index contributed by atoms with van der Waals surface area (Å²) in [6, 6.07) is 18.9. The third kappa shape index (κ3) is 4.10. The highest BCUT2D eigenvalue weighted by Gasteiger charge is 2.18. The first-order chi connectivity index (χ1) is 15.2. The molecule has 0 unspecified atom stereocenters. The number of halogens is 1. The van der Waals surface area contributed by atoms with E-state index >= 15 is 0 Å². The lowest BCUT2D eigenvalue weighted by atomic mass is 10.1. The Kier molecular flexibility index (Phi) is 5.28. The predicted molar refractivity (Wildman–Crippen MR) is 120 cm³/mol. The first-order valence-corrected chi connectivity index (χ1v) is 10.4. The van der Waals surface area contributed by atoms with E-state index in [-0.39, 0.29) is 5.91 Å². The van der Waals surface area contributed by atoms with Gasteiger partial charge in [0.05, 0.1) is 30.6 Å². The second-order valence-electron chi connectivity index (χ2n) is 7.25. The second-order valence-corrected chi connectivity index (χ2v) is 7.69. The third-order valence-electron chi connectivity index (χ3n) is 5.21. The zero-order chi connectivity index (χ0) is 21.2. The topological polar surface area (TPSA) is 71.8 Å². The average Bonchev–Trinajstić information content (AvgIpc) is 3.23. The second kappa shape index (κ2) is 8.37. The minimum atomic E-state index is 0.0195. The van der Waals surface area contributed by atoms with E-state index in [0.717, 1.165) is 22.5 Å². The predicted octanol–water partition coefficient (Wildman–Crippen LogP) is 4.27. The van der Waals surface area contributed by atoms with Crippen LogP contribution in [-0.4, -0.2) is 51.7 Å². The lowest BCUT2D eigenvalue weighted by Gasteiger charge is -2.26. The summed E-state index contributed by atoms with van der Waals surface area (Å²) in [6.45, 7) is 2.42. The van der Waals surface area contributed by atoms with Crippen molar-refractivity contribution in [3.05, 3.63) is 77.4 Å². The van der Waals surface area contributed by atoms with Crippen molar-refractivity contribution < 1.29 is 9.53 Å². The van der Waals surface area contributed by atoms with Crippen LogP contribution in [0.3, 0.4) is 0 Å². The van der Waals surface area contributed by atoms with Crippen molar-refractivity contribution in [3.8, 4) is 11.3 Å². The monoisotopic (exact) mass is 433 g/mol. The van der Waals surface area contributed by atoms with E-state index in [1.165, 1.54) is 0 Å². The van der Waals surface area contributed by atoms with Gasteiger partial charge in [0.25, 0.3) is 5.91 Å². The Hall–Kier alpha value is -3.42. The van der Waals surface area contributed by atoms with E-state index < -0.39 is 0 Å². The van der Waals surface area contributed by atoms with E-state index in [0.29, 0.717) is 42.8 Å². The van der Waals surface area contributed by atoms with Crippen molar-refractivity contribution >= 4 is 34.7 Å². The number of nitrogens with one attached hydrogen (secondary N) is 1. The van der Waals surface area contributed by atoms with Crippen LogP contribution in [-0.2, 0) is 4.74 Å². The Labute approximate surface area is 184 Å². The molecule has 5 rings (SSSR count). The molecule has 0 atom stereocenters. The summed E-state index contributed by atoms with van der Waals surface area (Å²) >= 11 is 6.15. The Morgan fingerprint density at radius 1 is 1.03 bits per heavy atom. The molecule has 2 aromatic carbocycles. The molecule has 4 aromatic rings. The van der Waals surface area contributed by atoms with E-state index in [9.17, 15) is 4.79 Å². The van der Waals surface area contributed by atoms with Gasteiger partial charge in [-0.1, -0.05) is 23.7 Å². The number of carbonyl (C=O) groups is 1. The molecular weight excluding hydrogens is 414 g/mol. The molecule has 1 aliphatic rings. The first kappa shape index (κ1) is 19.5. The summed E-state index contributed by atoms with van der Waals surface area (Å²) in [7, 11) is 0. The molecule has 1 saturated heterocycles. The quantitative estimate of drug-likeness (QED) is 0.520. The highest BCUT2D eigenvalue weighted by molar-refractivity contribution is 6.30. The summed E-state index contributed by atoms with van der Waals surface area (Å²) in [5.41, 5.74) is 4.23. The van der Waals surface area contributed by atoms with Gasteiger partial charge in [0, 0.05) is 34.9 Å². The molecule has 1 fully saturated rings. The molecule has 0 spiro atoms. The number of benzene rings is 2. The van der Waals surface area contributed by atoms with Gasteiger partial charge in [0.2, 0.25) is 5.95 Å².